The normalized spacial score (nSPS) is 13.2. The summed E-state index contributed by atoms with van der Waals surface area (Å²) in [6.45, 7) is 2.35. The Morgan fingerprint density at radius 1 is 1.44 bits per heavy atom. The van der Waals surface area contributed by atoms with E-state index in [0.29, 0.717) is 13.2 Å². The first-order valence-corrected chi connectivity index (χ1v) is 5.50. The number of benzene rings is 1. The molecule has 5 heteroatoms. The lowest BCUT2D eigenvalue weighted by Crippen LogP contribution is -2.10. The minimum absolute atomic E-state index is 0.0858. The van der Waals surface area contributed by atoms with Crippen LogP contribution >= 0.6 is 0 Å². The average Bonchev–Trinajstić information content (AvgIpc) is 2.27. The number of aldehydes is 1. The standard InChI is InChI=1S/C13H15F3O2/c1-8(4-5-17)10-6-9(13(2,15)16)7-11(14)12(10)18-3/h5-8H,4H2,1-3H3. The van der Waals surface area contributed by atoms with Crippen LogP contribution in [0.5, 0.6) is 5.75 Å². The molecule has 0 aliphatic carbocycles. The van der Waals surface area contributed by atoms with Crippen molar-refractivity contribution in [3.63, 3.8) is 0 Å². The lowest BCUT2D eigenvalue weighted by atomic mass is 9.94. The van der Waals surface area contributed by atoms with E-state index in [0.717, 1.165) is 6.07 Å². The number of hydrogen-bond acceptors (Lipinski definition) is 2. The van der Waals surface area contributed by atoms with Gasteiger partial charge in [-0.15, -0.1) is 0 Å². The molecule has 1 rings (SSSR count). The summed E-state index contributed by atoms with van der Waals surface area (Å²) in [5, 5.41) is 0. The zero-order chi connectivity index (χ0) is 13.9. The Hall–Kier alpha value is -1.52. The molecule has 1 aromatic rings. The van der Waals surface area contributed by atoms with Gasteiger partial charge in [0.05, 0.1) is 7.11 Å². The fraction of sp³-hybridized carbons (Fsp3) is 0.462. The summed E-state index contributed by atoms with van der Waals surface area (Å²) in [7, 11) is 1.26. The van der Waals surface area contributed by atoms with Crippen LogP contribution in [-0.4, -0.2) is 13.4 Å². The number of hydrogen-bond donors (Lipinski definition) is 0. The summed E-state index contributed by atoms with van der Waals surface area (Å²) in [6, 6.07) is 1.95. The molecule has 2 nitrogen and oxygen atoms in total. The molecule has 0 aliphatic heterocycles. The van der Waals surface area contributed by atoms with Crippen molar-refractivity contribution in [1.82, 2.24) is 0 Å². The van der Waals surface area contributed by atoms with Gasteiger partial charge in [-0.3, -0.25) is 0 Å². The van der Waals surface area contributed by atoms with Crippen molar-refractivity contribution in [2.75, 3.05) is 7.11 Å². The van der Waals surface area contributed by atoms with Crippen molar-refractivity contribution in [2.24, 2.45) is 0 Å². The van der Waals surface area contributed by atoms with Crippen molar-refractivity contribution < 1.29 is 22.7 Å². The molecule has 1 unspecified atom stereocenters. The van der Waals surface area contributed by atoms with E-state index < -0.39 is 17.3 Å². The van der Waals surface area contributed by atoms with E-state index in [1.807, 2.05) is 0 Å². The number of ether oxygens (including phenoxy) is 1. The summed E-state index contributed by atoms with van der Waals surface area (Å²) in [4.78, 5) is 10.5. The maximum Gasteiger partial charge on any atom is 0.270 e. The van der Waals surface area contributed by atoms with Gasteiger partial charge in [0, 0.05) is 24.5 Å². The molecule has 0 spiro atoms. The lowest BCUT2D eigenvalue weighted by Gasteiger charge is -2.18. The predicted octanol–water partition coefficient (Wildman–Crippen LogP) is 3.64. The van der Waals surface area contributed by atoms with E-state index in [4.69, 9.17) is 4.74 Å². The third-order valence-electron chi connectivity index (χ3n) is 2.76. The highest BCUT2D eigenvalue weighted by atomic mass is 19.3. The van der Waals surface area contributed by atoms with Crippen LogP contribution in [0.25, 0.3) is 0 Å². The van der Waals surface area contributed by atoms with Gasteiger partial charge in [0.2, 0.25) is 0 Å². The Balaban J connectivity index is 3.36. The zero-order valence-corrected chi connectivity index (χ0v) is 10.5. The van der Waals surface area contributed by atoms with Gasteiger partial charge in [-0.05, 0) is 18.1 Å². The largest absolute Gasteiger partial charge is 0.493 e. The molecule has 0 aromatic heterocycles. The topological polar surface area (TPSA) is 26.3 Å². The molecular formula is C13H15F3O2. The van der Waals surface area contributed by atoms with E-state index in [2.05, 4.69) is 0 Å². The smallest absolute Gasteiger partial charge is 0.270 e. The van der Waals surface area contributed by atoms with Gasteiger partial charge in [0.15, 0.2) is 11.6 Å². The number of alkyl halides is 2. The summed E-state index contributed by atoms with van der Waals surface area (Å²) in [6.07, 6.45) is 0.785. The minimum Gasteiger partial charge on any atom is -0.493 e. The fourth-order valence-electron chi connectivity index (χ4n) is 1.72. The second-order valence-electron chi connectivity index (χ2n) is 4.27. The third-order valence-corrected chi connectivity index (χ3v) is 2.76. The van der Waals surface area contributed by atoms with Crippen molar-refractivity contribution in [3.8, 4) is 5.75 Å². The monoisotopic (exact) mass is 260 g/mol. The zero-order valence-electron chi connectivity index (χ0n) is 10.5. The second kappa shape index (κ2) is 5.42. The predicted molar refractivity (Wildman–Crippen MR) is 61.6 cm³/mol. The third kappa shape index (κ3) is 3.03. The first-order valence-electron chi connectivity index (χ1n) is 5.50. The molecule has 18 heavy (non-hydrogen) atoms. The molecule has 1 atom stereocenters. The number of rotatable bonds is 5. The Labute approximate surface area is 104 Å². The van der Waals surface area contributed by atoms with Gasteiger partial charge in [0.1, 0.15) is 6.29 Å². The minimum atomic E-state index is -3.14. The van der Waals surface area contributed by atoms with Gasteiger partial charge >= 0.3 is 0 Å². The summed E-state index contributed by atoms with van der Waals surface area (Å²) < 4.78 is 45.0. The fourth-order valence-corrected chi connectivity index (χ4v) is 1.72. The lowest BCUT2D eigenvalue weighted by molar-refractivity contribution is -0.108. The molecule has 0 saturated carbocycles. The van der Waals surface area contributed by atoms with Crippen LogP contribution in [0.4, 0.5) is 13.2 Å². The SMILES string of the molecule is COc1c(F)cc(C(C)(F)F)cc1C(C)CC=O. The van der Waals surface area contributed by atoms with Crippen molar-refractivity contribution in [2.45, 2.75) is 32.1 Å². The molecule has 0 radical (unpaired) electrons. The van der Waals surface area contributed by atoms with E-state index in [1.54, 1.807) is 6.92 Å². The Bertz CT molecular complexity index is 439. The van der Waals surface area contributed by atoms with Crippen LogP contribution < -0.4 is 4.74 Å². The van der Waals surface area contributed by atoms with E-state index in [1.165, 1.54) is 13.2 Å². The summed E-state index contributed by atoms with van der Waals surface area (Å²) >= 11 is 0. The van der Waals surface area contributed by atoms with Gasteiger partial charge in [-0.25, -0.2) is 13.2 Å². The van der Waals surface area contributed by atoms with Gasteiger partial charge in [-0.2, -0.15) is 0 Å². The Morgan fingerprint density at radius 2 is 2.06 bits per heavy atom. The van der Waals surface area contributed by atoms with Crippen molar-refractivity contribution >= 4 is 6.29 Å². The maximum atomic E-state index is 13.7. The van der Waals surface area contributed by atoms with E-state index >= 15 is 0 Å². The molecule has 0 bridgehead atoms. The molecular weight excluding hydrogens is 245 g/mol. The Kier molecular flexibility index (Phi) is 4.38. The number of methoxy groups -OCH3 is 1. The summed E-state index contributed by atoms with van der Waals surface area (Å²) in [5.74, 6) is -4.45. The average molecular weight is 260 g/mol. The number of carbonyl (C=O) groups is 1. The van der Waals surface area contributed by atoms with Gasteiger partial charge < -0.3 is 9.53 Å². The maximum absolute atomic E-state index is 13.7. The van der Waals surface area contributed by atoms with Crippen LogP contribution in [0, 0.1) is 5.82 Å². The second-order valence-corrected chi connectivity index (χ2v) is 4.27. The molecule has 0 fully saturated rings. The number of carbonyl (C=O) groups excluding carboxylic acids is 1. The highest BCUT2D eigenvalue weighted by Gasteiger charge is 2.28. The molecule has 0 amide bonds. The van der Waals surface area contributed by atoms with E-state index in [9.17, 15) is 18.0 Å². The molecule has 0 heterocycles. The highest BCUT2D eigenvalue weighted by molar-refractivity contribution is 5.53. The number of halogens is 3. The molecule has 100 valence electrons. The highest BCUT2D eigenvalue weighted by Crippen LogP contribution is 2.36. The molecule has 0 saturated heterocycles. The summed E-state index contributed by atoms with van der Waals surface area (Å²) in [5.41, 5.74) is -0.144. The van der Waals surface area contributed by atoms with Crippen LogP contribution in [0.15, 0.2) is 12.1 Å². The van der Waals surface area contributed by atoms with Gasteiger partial charge in [0.25, 0.3) is 5.92 Å². The van der Waals surface area contributed by atoms with Crippen molar-refractivity contribution in [1.29, 1.82) is 0 Å². The molecule has 0 aliphatic rings. The van der Waals surface area contributed by atoms with Crippen LogP contribution in [0.1, 0.15) is 37.3 Å². The van der Waals surface area contributed by atoms with Crippen LogP contribution in [0.3, 0.4) is 0 Å². The molecule has 1 aromatic carbocycles. The van der Waals surface area contributed by atoms with Crippen LogP contribution in [-0.2, 0) is 10.7 Å². The molecule has 0 N–H and O–H groups in total. The van der Waals surface area contributed by atoms with Crippen molar-refractivity contribution in [3.05, 3.63) is 29.1 Å². The first kappa shape index (κ1) is 14.5. The quantitative estimate of drug-likeness (QED) is 0.755. The first-order chi connectivity index (χ1) is 8.31. The Morgan fingerprint density at radius 3 is 2.50 bits per heavy atom. The van der Waals surface area contributed by atoms with E-state index in [-0.39, 0.29) is 23.7 Å². The van der Waals surface area contributed by atoms with Gasteiger partial charge in [-0.1, -0.05) is 6.92 Å². The van der Waals surface area contributed by atoms with Crippen LogP contribution in [0.2, 0.25) is 0 Å².